The van der Waals surface area contributed by atoms with Crippen molar-refractivity contribution in [2.24, 2.45) is 0 Å². The number of amides is 3. The maximum Gasteiger partial charge on any atom is 0.243 e. The summed E-state index contributed by atoms with van der Waals surface area (Å²) in [6.45, 7) is 3.45. The Bertz CT molecular complexity index is 1050. The highest BCUT2D eigenvalue weighted by molar-refractivity contribution is 6.26. The Morgan fingerprint density at radius 3 is 2.26 bits per heavy atom. The average Bonchev–Trinajstić information content (AvgIpc) is 2.85. The van der Waals surface area contributed by atoms with Crippen molar-refractivity contribution in [3.8, 4) is 5.75 Å². The maximum absolute atomic E-state index is 13.1. The van der Waals surface area contributed by atoms with Gasteiger partial charge >= 0.3 is 0 Å². The third-order valence-corrected chi connectivity index (χ3v) is 5.48. The first-order valence-electron chi connectivity index (χ1n) is 11.3. The van der Waals surface area contributed by atoms with Gasteiger partial charge in [0.1, 0.15) is 17.8 Å². The predicted molar refractivity (Wildman–Crippen MR) is 132 cm³/mol. The number of carbonyl (C=O) groups is 4. The van der Waals surface area contributed by atoms with Crippen LogP contribution in [-0.4, -0.2) is 48.9 Å². The highest BCUT2D eigenvalue weighted by atomic mass is 16.5. The van der Waals surface area contributed by atoms with E-state index < -0.39 is 29.7 Å². The Hall–Kier alpha value is -4.01. The fraction of sp³-hybridized carbons (Fsp3) is 0.346. The summed E-state index contributed by atoms with van der Waals surface area (Å²) in [5.74, 6) is -1.14. The Morgan fingerprint density at radius 1 is 0.971 bits per heavy atom. The number of hydrogen-bond acceptors (Lipinski definition) is 6. The lowest BCUT2D eigenvalue weighted by Gasteiger charge is -2.23. The molecule has 0 aliphatic rings. The van der Waals surface area contributed by atoms with E-state index >= 15 is 0 Å². The van der Waals surface area contributed by atoms with Crippen LogP contribution in [0.15, 0.2) is 48.5 Å². The molecule has 0 unspecified atom stereocenters. The maximum atomic E-state index is 13.1. The summed E-state index contributed by atoms with van der Waals surface area (Å²) in [4.78, 5) is 49.5. The first kappa shape index (κ1) is 27.2. The lowest BCUT2D eigenvalue weighted by molar-refractivity contribution is -0.132. The van der Waals surface area contributed by atoms with Crippen molar-refractivity contribution >= 4 is 29.7 Å². The van der Waals surface area contributed by atoms with Crippen molar-refractivity contribution in [2.45, 2.75) is 51.7 Å². The summed E-state index contributed by atoms with van der Waals surface area (Å²) in [5.41, 5.74) is 2.69. The fourth-order valence-corrected chi connectivity index (χ4v) is 3.47. The molecule has 0 aromatic heterocycles. The molecule has 3 amide bonds. The SMILES string of the molecule is COc1ccc(CNC(=O)[C@H](CCC(=O)C=N)NC(=O)[C@H](Cc2ccccc2C)NC(C)=O)cc1. The molecular formula is C26H32N4O5. The van der Waals surface area contributed by atoms with Gasteiger partial charge in [-0.15, -0.1) is 0 Å². The zero-order valence-electron chi connectivity index (χ0n) is 20.2. The van der Waals surface area contributed by atoms with Gasteiger partial charge in [-0.2, -0.15) is 0 Å². The van der Waals surface area contributed by atoms with Crippen LogP contribution >= 0.6 is 0 Å². The van der Waals surface area contributed by atoms with Crippen molar-refractivity contribution in [3.63, 3.8) is 0 Å². The normalized spacial score (nSPS) is 12.1. The van der Waals surface area contributed by atoms with E-state index in [0.29, 0.717) is 12.0 Å². The molecule has 0 fully saturated rings. The number of benzene rings is 2. The Labute approximate surface area is 205 Å². The molecule has 0 heterocycles. The van der Waals surface area contributed by atoms with Gasteiger partial charge in [0.25, 0.3) is 0 Å². The summed E-state index contributed by atoms with van der Waals surface area (Å²) < 4.78 is 5.13. The smallest absolute Gasteiger partial charge is 0.243 e. The predicted octanol–water partition coefficient (Wildman–Crippen LogP) is 1.85. The molecule has 2 rings (SSSR count). The van der Waals surface area contributed by atoms with Crippen LogP contribution in [0.25, 0.3) is 0 Å². The number of Topliss-reactive ketones (excluding diaryl/α,β-unsaturated/α-hetero) is 1. The first-order chi connectivity index (χ1) is 16.7. The van der Waals surface area contributed by atoms with E-state index in [1.165, 1.54) is 6.92 Å². The summed E-state index contributed by atoms with van der Waals surface area (Å²) in [6.07, 6.45) is 0.878. The Kier molecular flexibility index (Phi) is 10.6. The number of rotatable bonds is 13. The second kappa shape index (κ2) is 13.6. The van der Waals surface area contributed by atoms with Crippen LogP contribution in [-0.2, 0) is 32.1 Å². The molecule has 0 spiro atoms. The van der Waals surface area contributed by atoms with Crippen LogP contribution < -0.4 is 20.7 Å². The summed E-state index contributed by atoms with van der Waals surface area (Å²) >= 11 is 0. The molecule has 4 N–H and O–H groups in total. The van der Waals surface area contributed by atoms with Crippen LogP contribution in [0.1, 0.15) is 36.5 Å². The number of hydrogen-bond donors (Lipinski definition) is 4. The van der Waals surface area contributed by atoms with E-state index in [9.17, 15) is 19.2 Å². The van der Waals surface area contributed by atoms with Gasteiger partial charge in [0.05, 0.1) is 13.3 Å². The number of nitrogens with one attached hydrogen (secondary N) is 4. The zero-order chi connectivity index (χ0) is 25.8. The van der Waals surface area contributed by atoms with Gasteiger partial charge in [-0.3, -0.25) is 19.2 Å². The van der Waals surface area contributed by atoms with Crippen LogP contribution in [0, 0.1) is 12.3 Å². The minimum absolute atomic E-state index is 0.0194. The lowest BCUT2D eigenvalue weighted by Crippen LogP contribution is -2.54. The number of ketones is 1. The van der Waals surface area contributed by atoms with Crippen molar-refractivity contribution in [1.29, 1.82) is 5.41 Å². The van der Waals surface area contributed by atoms with E-state index in [2.05, 4.69) is 16.0 Å². The van der Waals surface area contributed by atoms with Crippen molar-refractivity contribution in [1.82, 2.24) is 16.0 Å². The van der Waals surface area contributed by atoms with Crippen molar-refractivity contribution < 1.29 is 23.9 Å². The van der Waals surface area contributed by atoms with Gasteiger partial charge in [-0.05, 0) is 42.2 Å². The number of carbonyl (C=O) groups excluding carboxylic acids is 4. The molecule has 0 aliphatic heterocycles. The zero-order valence-corrected chi connectivity index (χ0v) is 20.2. The molecule has 9 heteroatoms. The van der Waals surface area contributed by atoms with E-state index in [4.69, 9.17) is 10.1 Å². The fourth-order valence-electron chi connectivity index (χ4n) is 3.47. The average molecular weight is 481 g/mol. The largest absolute Gasteiger partial charge is 0.497 e. The third kappa shape index (κ3) is 9.04. The van der Waals surface area contributed by atoms with Crippen LogP contribution in [0.2, 0.25) is 0 Å². The van der Waals surface area contributed by atoms with Gasteiger partial charge in [0.2, 0.25) is 17.7 Å². The minimum atomic E-state index is -1.02. The van der Waals surface area contributed by atoms with Gasteiger partial charge in [-0.1, -0.05) is 36.4 Å². The second-order valence-electron chi connectivity index (χ2n) is 8.16. The second-order valence-corrected chi connectivity index (χ2v) is 8.16. The number of aryl methyl sites for hydroxylation is 1. The summed E-state index contributed by atoms with van der Waals surface area (Å²) in [7, 11) is 1.56. The molecule has 9 nitrogen and oxygen atoms in total. The number of methoxy groups -OCH3 is 1. The lowest BCUT2D eigenvalue weighted by atomic mass is 10.00. The van der Waals surface area contributed by atoms with Crippen LogP contribution in [0.5, 0.6) is 5.75 Å². The van der Waals surface area contributed by atoms with E-state index in [0.717, 1.165) is 16.7 Å². The molecule has 0 saturated carbocycles. The molecule has 35 heavy (non-hydrogen) atoms. The van der Waals surface area contributed by atoms with Gasteiger partial charge in [0.15, 0.2) is 5.78 Å². The van der Waals surface area contributed by atoms with Gasteiger partial charge in [0, 0.05) is 26.3 Å². The Morgan fingerprint density at radius 2 is 1.66 bits per heavy atom. The summed E-state index contributed by atoms with van der Waals surface area (Å²) in [5, 5.41) is 15.2. The van der Waals surface area contributed by atoms with E-state index in [1.54, 1.807) is 31.4 Å². The molecule has 0 saturated heterocycles. The molecule has 0 bridgehead atoms. The van der Waals surface area contributed by atoms with Crippen molar-refractivity contribution in [2.75, 3.05) is 7.11 Å². The molecule has 186 valence electrons. The van der Waals surface area contributed by atoms with Crippen LogP contribution in [0.3, 0.4) is 0 Å². The van der Waals surface area contributed by atoms with Gasteiger partial charge in [-0.25, -0.2) is 0 Å². The first-order valence-corrected chi connectivity index (χ1v) is 11.3. The topological polar surface area (TPSA) is 137 Å². The molecular weight excluding hydrogens is 448 g/mol. The van der Waals surface area contributed by atoms with Crippen molar-refractivity contribution in [3.05, 3.63) is 65.2 Å². The van der Waals surface area contributed by atoms with Gasteiger partial charge < -0.3 is 26.1 Å². The standard InChI is InChI=1S/C26H32N4O5/c1-17-6-4-5-7-20(17)14-24(29-18(2)31)26(34)30-23(13-10-21(32)15-27)25(33)28-16-19-8-11-22(35-3)12-9-19/h4-9,11-12,15,23-24,27H,10,13-14,16H2,1-3H3,(H,28,33)(H,29,31)(H,30,34)/t23-,24-/m0/s1. The molecule has 0 radical (unpaired) electrons. The summed E-state index contributed by atoms with van der Waals surface area (Å²) in [6, 6.07) is 12.8. The minimum Gasteiger partial charge on any atom is -0.497 e. The van der Waals surface area contributed by atoms with Crippen LogP contribution in [0.4, 0.5) is 0 Å². The molecule has 0 aliphatic carbocycles. The van der Waals surface area contributed by atoms with E-state index in [-0.39, 0.29) is 31.7 Å². The third-order valence-electron chi connectivity index (χ3n) is 5.48. The number of ether oxygens (including phenoxy) is 1. The molecule has 2 aromatic carbocycles. The Balaban J connectivity index is 2.13. The highest BCUT2D eigenvalue weighted by Gasteiger charge is 2.27. The molecule has 2 atom stereocenters. The van der Waals surface area contributed by atoms with E-state index in [1.807, 2.05) is 31.2 Å². The quantitative estimate of drug-likeness (QED) is 0.324. The highest BCUT2D eigenvalue weighted by Crippen LogP contribution is 2.12. The monoisotopic (exact) mass is 480 g/mol. The molecule has 2 aromatic rings.